The maximum atomic E-state index is 6.10. The standard InChI is InChI=1S/C15H9Cl2N3O2S/c16-9-4-10(17)6-11(5-9)20-14(18-19-15(20)23)8-1-2-12-13(3-8)22-7-21-12/h1-6H,7H2,(H,19,23). The van der Waals surface area contributed by atoms with Crippen molar-refractivity contribution >= 4 is 35.4 Å². The van der Waals surface area contributed by atoms with Crippen molar-refractivity contribution in [3.05, 3.63) is 51.2 Å². The number of rotatable bonds is 2. The number of H-pyrrole nitrogens is 1. The van der Waals surface area contributed by atoms with E-state index >= 15 is 0 Å². The Bertz CT molecular complexity index is 947. The van der Waals surface area contributed by atoms with Gasteiger partial charge in [0.05, 0.1) is 5.69 Å². The van der Waals surface area contributed by atoms with Crippen molar-refractivity contribution in [2.24, 2.45) is 0 Å². The molecule has 3 aromatic rings. The Labute approximate surface area is 146 Å². The summed E-state index contributed by atoms with van der Waals surface area (Å²) in [4.78, 5) is 0. The fourth-order valence-corrected chi connectivity index (χ4v) is 3.19. The van der Waals surface area contributed by atoms with Gasteiger partial charge in [0.15, 0.2) is 22.1 Å². The first-order chi connectivity index (χ1) is 11.1. The number of aromatic nitrogens is 3. The third kappa shape index (κ3) is 2.59. The summed E-state index contributed by atoms with van der Waals surface area (Å²) in [6, 6.07) is 10.8. The molecule has 0 aliphatic carbocycles. The number of fused-ring (bicyclic) bond motifs is 1. The molecule has 0 unspecified atom stereocenters. The molecule has 8 heteroatoms. The molecule has 0 bridgehead atoms. The summed E-state index contributed by atoms with van der Waals surface area (Å²) >= 11 is 17.5. The Kier molecular flexibility index (Phi) is 3.52. The minimum atomic E-state index is 0.218. The fourth-order valence-electron chi connectivity index (χ4n) is 2.43. The quantitative estimate of drug-likeness (QED) is 0.672. The van der Waals surface area contributed by atoms with Crippen molar-refractivity contribution in [2.75, 3.05) is 6.79 Å². The molecule has 116 valence electrons. The third-order valence-electron chi connectivity index (χ3n) is 3.41. The molecular formula is C15H9Cl2N3O2S. The molecule has 5 nitrogen and oxygen atoms in total. The van der Waals surface area contributed by atoms with Gasteiger partial charge in [0.25, 0.3) is 0 Å². The van der Waals surface area contributed by atoms with Crippen LogP contribution in [0.15, 0.2) is 36.4 Å². The summed E-state index contributed by atoms with van der Waals surface area (Å²) in [5.41, 5.74) is 1.56. The van der Waals surface area contributed by atoms with E-state index in [2.05, 4.69) is 10.2 Å². The summed E-state index contributed by atoms with van der Waals surface area (Å²) in [5, 5.41) is 8.15. The number of nitrogens with one attached hydrogen (secondary N) is 1. The van der Waals surface area contributed by atoms with Crippen molar-refractivity contribution < 1.29 is 9.47 Å². The first kappa shape index (κ1) is 14.6. The van der Waals surface area contributed by atoms with E-state index < -0.39 is 0 Å². The topological polar surface area (TPSA) is 52.1 Å². The summed E-state index contributed by atoms with van der Waals surface area (Å²) < 4.78 is 13.0. The summed E-state index contributed by atoms with van der Waals surface area (Å²) in [7, 11) is 0. The number of halogens is 2. The lowest BCUT2D eigenvalue weighted by Gasteiger charge is -2.08. The zero-order valence-electron chi connectivity index (χ0n) is 11.5. The number of benzene rings is 2. The number of aromatic amines is 1. The fraction of sp³-hybridized carbons (Fsp3) is 0.0667. The monoisotopic (exact) mass is 365 g/mol. The van der Waals surface area contributed by atoms with E-state index in [1.54, 1.807) is 22.8 Å². The first-order valence-corrected chi connectivity index (χ1v) is 7.82. The highest BCUT2D eigenvalue weighted by Crippen LogP contribution is 2.36. The zero-order chi connectivity index (χ0) is 16.0. The number of ether oxygens (including phenoxy) is 2. The largest absolute Gasteiger partial charge is 0.454 e. The van der Waals surface area contributed by atoms with Crippen LogP contribution in [0.2, 0.25) is 10.0 Å². The van der Waals surface area contributed by atoms with Crippen LogP contribution in [0.5, 0.6) is 11.5 Å². The average molecular weight is 366 g/mol. The molecule has 0 atom stereocenters. The highest BCUT2D eigenvalue weighted by Gasteiger charge is 2.17. The predicted octanol–water partition coefficient (Wildman–Crippen LogP) is 4.63. The SMILES string of the molecule is S=c1[nH]nc(-c2ccc3c(c2)OCO3)n1-c1cc(Cl)cc(Cl)c1. The average Bonchev–Trinajstić information content (AvgIpc) is 3.11. The van der Waals surface area contributed by atoms with E-state index in [1.807, 2.05) is 18.2 Å². The van der Waals surface area contributed by atoms with Gasteiger partial charge in [0.2, 0.25) is 6.79 Å². The van der Waals surface area contributed by atoms with Crippen molar-refractivity contribution in [3.8, 4) is 28.6 Å². The Morgan fingerprint density at radius 2 is 1.78 bits per heavy atom. The van der Waals surface area contributed by atoms with Gasteiger partial charge < -0.3 is 9.47 Å². The Balaban J connectivity index is 1.90. The van der Waals surface area contributed by atoms with Crippen LogP contribution < -0.4 is 9.47 Å². The second-order valence-electron chi connectivity index (χ2n) is 4.88. The third-order valence-corrected chi connectivity index (χ3v) is 4.12. The van der Waals surface area contributed by atoms with Gasteiger partial charge in [-0.05, 0) is 48.6 Å². The van der Waals surface area contributed by atoms with Crippen LogP contribution in [0.3, 0.4) is 0 Å². The van der Waals surface area contributed by atoms with E-state index in [0.717, 1.165) is 11.3 Å². The van der Waals surface area contributed by atoms with Crippen LogP contribution in [-0.4, -0.2) is 21.6 Å². The lowest BCUT2D eigenvalue weighted by molar-refractivity contribution is 0.174. The Hall–Kier alpha value is -2.02. The minimum Gasteiger partial charge on any atom is -0.454 e. The first-order valence-electron chi connectivity index (χ1n) is 6.66. The van der Waals surface area contributed by atoms with E-state index in [-0.39, 0.29) is 6.79 Å². The van der Waals surface area contributed by atoms with Crippen molar-refractivity contribution in [2.45, 2.75) is 0 Å². The molecule has 0 amide bonds. The van der Waals surface area contributed by atoms with Crippen LogP contribution in [-0.2, 0) is 0 Å². The molecule has 0 fully saturated rings. The maximum absolute atomic E-state index is 6.10. The van der Waals surface area contributed by atoms with Crippen LogP contribution in [0, 0.1) is 4.77 Å². The van der Waals surface area contributed by atoms with Gasteiger partial charge in [-0.2, -0.15) is 5.10 Å². The van der Waals surface area contributed by atoms with E-state index in [0.29, 0.717) is 32.1 Å². The molecule has 2 aromatic carbocycles. The van der Waals surface area contributed by atoms with Gasteiger partial charge in [0, 0.05) is 15.6 Å². The summed E-state index contributed by atoms with van der Waals surface area (Å²) in [6.45, 7) is 0.218. The predicted molar refractivity (Wildman–Crippen MR) is 90.3 cm³/mol. The molecule has 0 spiro atoms. The number of hydrogen-bond acceptors (Lipinski definition) is 4. The molecule has 0 saturated heterocycles. The zero-order valence-corrected chi connectivity index (χ0v) is 13.9. The van der Waals surface area contributed by atoms with Crippen molar-refractivity contribution in [3.63, 3.8) is 0 Å². The van der Waals surface area contributed by atoms with Gasteiger partial charge in [-0.1, -0.05) is 23.2 Å². The Morgan fingerprint density at radius 1 is 1.04 bits per heavy atom. The molecule has 4 rings (SSSR count). The lowest BCUT2D eigenvalue weighted by atomic mass is 10.2. The summed E-state index contributed by atoms with van der Waals surface area (Å²) in [6.07, 6.45) is 0. The van der Waals surface area contributed by atoms with Crippen molar-refractivity contribution in [1.82, 2.24) is 14.8 Å². The lowest BCUT2D eigenvalue weighted by Crippen LogP contribution is -1.98. The van der Waals surface area contributed by atoms with Crippen LogP contribution in [0.1, 0.15) is 0 Å². The normalized spacial score (nSPS) is 12.6. The van der Waals surface area contributed by atoms with Gasteiger partial charge in [0.1, 0.15) is 0 Å². The molecule has 1 N–H and O–H groups in total. The van der Waals surface area contributed by atoms with Gasteiger partial charge >= 0.3 is 0 Å². The van der Waals surface area contributed by atoms with E-state index in [4.69, 9.17) is 44.9 Å². The molecule has 1 aromatic heterocycles. The van der Waals surface area contributed by atoms with Crippen molar-refractivity contribution in [1.29, 1.82) is 0 Å². The van der Waals surface area contributed by atoms with Crippen LogP contribution in [0.25, 0.3) is 17.1 Å². The summed E-state index contributed by atoms with van der Waals surface area (Å²) in [5.74, 6) is 2.01. The minimum absolute atomic E-state index is 0.218. The van der Waals surface area contributed by atoms with Crippen LogP contribution in [0.4, 0.5) is 0 Å². The second-order valence-corrected chi connectivity index (χ2v) is 6.14. The van der Waals surface area contributed by atoms with Gasteiger partial charge in [-0.25, -0.2) is 0 Å². The molecule has 1 aliphatic heterocycles. The van der Waals surface area contributed by atoms with Gasteiger partial charge in [-0.15, -0.1) is 0 Å². The maximum Gasteiger partial charge on any atom is 0.231 e. The molecule has 23 heavy (non-hydrogen) atoms. The molecular weight excluding hydrogens is 357 g/mol. The highest BCUT2D eigenvalue weighted by atomic mass is 35.5. The number of hydrogen-bond donors (Lipinski definition) is 1. The number of nitrogens with zero attached hydrogens (tertiary/aromatic N) is 2. The molecule has 2 heterocycles. The highest BCUT2D eigenvalue weighted by molar-refractivity contribution is 7.71. The van der Waals surface area contributed by atoms with Gasteiger partial charge in [-0.3, -0.25) is 9.67 Å². The molecule has 0 radical (unpaired) electrons. The van der Waals surface area contributed by atoms with Crippen LogP contribution >= 0.6 is 35.4 Å². The van der Waals surface area contributed by atoms with E-state index in [1.165, 1.54) is 0 Å². The molecule has 0 saturated carbocycles. The smallest absolute Gasteiger partial charge is 0.231 e. The van der Waals surface area contributed by atoms with E-state index in [9.17, 15) is 0 Å². The molecule has 1 aliphatic rings. The second kappa shape index (κ2) is 5.56. The Morgan fingerprint density at radius 3 is 2.57 bits per heavy atom.